The van der Waals surface area contributed by atoms with Crippen LogP contribution in [0.15, 0.2) is 54.7 Å². The van der Waals surface area contributed by atoms with Crippen molar-refractivity contribution in [2.45, 2.75) is 11.4 Å². The Bertz CT molecular complexity index is 727. The Morgan fingerprint density at radius 3 is 2.60 bits per heavy atom. The molecule has 1 saturated heterocycles. The topological polar surface area (TPSA) is 71.5 Å². The Labute approximate surface area is 150 Å². The molecule has 130 valence electrons. The molecule has 0 bridgehead atoms. The summed E-state index contributed by atoms with van der Waals surface area (Å²) in [4.78, 5) is 29.9. The standard InChI is InChI=1S/C18H19N3O3S/c1-21(14-9-5-6-10-19-14)11-12-24-15(13-7-3-2-4-8-13)16-17(22)20-18(23)25-16/h2-10,15-16H,11-12H2,1H3,(H,20,22,23). The van der Waals surface area contributed by atoms with E-state index >= 15 is 0 Å². The number of amides is 2. The molecule has 1 fully saturated rings. The van der Waals surface area contributed by atoms with Crippen LogP contribution >= 0.6 is 11.8 Å². The minimum Gasteiger partial charge on any atom is -0.370 e. The monoisotopic (exact) mass is 357 g/mol. The van der Waals surface area contributed by atoms with E-state index < -0.39 is 11.4 Å². The second-order valence-corrected chi connectivity index (χ2v) is 6.74. The lowest BCUT2D eigenvalue weighted by molar-refractivity contribution is -0.121. The number of nitrogens with zero attached hydrogens (tertiary/aromatic N) is 2. The predicted molar refractivity (Wildman–Crippen MR) is 97.6 cm³/mol. The largest absolute Gasteiger partial charge is 0.370 e. The first-order valence-electron chi connectivity index (χ1n) is 7.95. The zero-order valence-corrected chi connectivity index (χ0v) is 14.6. The van der Waals surface area contributed by atoms with E-state index in [1.54, 1.807) is 6.20 Å². The van der Waals surface area contributed by atoms with Gasteiger partial charge in [-0.3, -0.25) is 14.9 Å². The predicted octanol–water partition coefficient (Wildman–Crippen LogP) is 2.63. The molecule has 1 aromatic carbocycles. The molecule has 1 N–H and O–H groups in total. The fourth-order valence-corrected chi connectivity index (χ4v) is 3.50. The van der Waals surface area contributed by atoms with Crippen molar-refractivity contribution in [1.29, 1.82) is 0 Å². The van der Waals surface area contributed by atoms with Crippen LogP contribution < -0.4 is 10.2 Å². The first kappa shape index (κ1) is 17.4. The highest BCUT2D eigenvalue weighted by Gasteiger charge is 2.39. The number of rotatable bonds is 7. The van der Waals surface area contributed by atoms with Gasteiger partial charge in [0.05, 0.1) is 6.61 Å². The van der Waals surface area contributed by atoms with Gasteiger partial charge in [-0.05, 0) is 29.5 Å². The van der Waals surface area contributed by atoms with Crippen molar-refractivity contribution in [3.05, 3.63) is 60.3 Å². The summed E-state index contributed by atoms with van der Waals surface area (Å²) in [5, 5.41) is 1.42. The van der Waals surface area contributed by atoms with Crippen LogP contribution in [-0.4, -0.2) is 41.6 Å². The first-order valence-corrected chi connectivity index (χ1v) is 8.83. The Morgan fingerprint density at radius 2 is 1.96 bits per heavy atom. The average Bonchev–Trinajstić information content (AvgIpc) is 2.98. The van der Waals surface area contributed by atoms with Gasteiger partial charge in [0.15, 0.2) is 0 Å². The van der Waals surface area contributed by atoms with Crippen molar-refractivity contribution in [1.82, 2.24) is 10.3 Å². The van der Waals surface area contributed by atoms with Crippen LogP contribution in [0.5, 0.6) is 0 Å². The molecule has 2 atom stereocenters. The molecular formula is C18H19N3O3S. The molecule has 0 saturated carbocycles. The molecular weight excluding hydrogens is 338 g/mol. The Hall–Kier alpha value is -2.38. The molecule has 2 amide bonds. The lowest BCUT2D eigenvalue weighted by Crippen LogP contribution is -2.31. The fraction of sp³-hybridized carbons (Fsp3) is 0.278. The molecule has 0 spiro atoms. The third-order valence-corrected chi connectivity index (χ3v) is 4.92. The fourth-order valence-electron chi connectivity index (χ4n) is 2.58. The highest BCUT2D eigenvalue weighted by molar-refractivity contribution is 8.15. The van der Waals surface area contributed by atoms with Crippen molar-refractivity contribution in [3.8, 4) is 0 Å². The molecule has 1 aromatic heterocycles. The first-order chi connectivity index (χ1) is 12.1. The average molecular weight is 357 g/mol. The Balaban J connectivity index is 1.66. The number of nitrogens with one attached hydrogen (secondary N) is 1. The quantitative estimate of drug-likeness (QED) is 0.821. The van der Waals surface area contributed by atoms with Gasteiger partial charge in [-0.2, -0.15) is 0 Å². The van der Waals surface area contributed by atoms with E-state index in [0.717, 1.165) is 23.1 Å². The van der Waals surface area contributed by atoms with Gasteiger partial charge in [0.25, 0.3) is 5.24 Å². The van der Waals surface area contributed by atoms with Crippen LogP contribution in [0.25, 0.3) is 0 Å². The molecule has 1 aliphatic heterocycles. The Kier molecular flexibility index (Phi) is 5.67. The minimum atomic E-state index is -0.574. The lowest BCUT2D eigenvalue weighted by Gasteiger charge is -2.24. The number of likely N-dealkylation sites (N-methyl/N-ethyl adjacent to an activating group) is 1. The van der Waals surface area contributed by atoms with E-state index in [2.05, 4.69) is 10.3 Å². The van der Waals surface area contributed by atoms with Gasteiger partial charge in [-0.15, -0.1) is 0 Å². The van der Waals surface area contributed by atoms with Gasteiger partial charge in [0, 0.05) is 19.8 Å². The molecule has 1 aliphatic rings. The number of pyridine rings is 1. The number of thioether (sulfide) groups is 1. The maximum atomic E-state index is 12.1. The van der Waals surface area contributed by atoms with Crippen LogP contribution in [-0.2, 0) is 9.53 Å². The summed E-state index contributed by atoms with van der Waals surface area (Å²) in [6, 6.07) is 15.2. The maximum Gasteiger partial charge on any atom is 0.286 e. The van der Waals surface area contributed by atoms with E-state index in [9.17, 15) is 9.59 Å². The molecule has 2 unspecified atom stereocenters. The number of ether oxygens (including phenoxy) is 1. The van der Waals surface area contributed by atoms with Crippen molar-refractivity contribution in [3.63, 3.8) is 0 Å². The van der Waals surface area contributed by atoms with Gasteiger partial charge in [0.2, 0.25) is 5.91 Å². The highest BCUT2D eigenvalue weighted by atomic mass is 32.2. The van der Waals surface area contributed by atoms with E-state index in [4.69, 9.17) is 4.74 Å². The normalized spacial score (nSPS) is 18.0. The summed E-state index contributed by atoms with van der Waals surface area (Å²) >= 11 is 0.981. The van der Waals surface area contributed by atoms with Crippen LogP contribution in [0.3, 0.4) is 0 Å². The number of imide groups is 1. The van der Waals surface area contributed by atoms with Crippen LogP contribution in [0, 0.1) is 0 Å². The number of aromatic nitrogens is 1. The smallest absolute Gasteiger partial charge is 0.286 e. The summed E-state index contributed by atoms with van der Waals surface area (Å²) in [6.07, 6.45) is 1.26. The van der Waals surface area contributed by atoms with Crippen LogP contribution in [0.4, 0.5) is 10.6 Å². The van der Waals surface area contributed by atoms with Crippen molar-refractivity contribution < 1.29 is 14.3 Å². The molecule has 3 rings (SSSR count). The second kappa shape index (κ2) is 8.13. The molecule has 6 nitrogen and oxygen atoms in total. The minimum absolute atomic E-state index is 0.304. The highest BCUT2D eigenvalue weighted by Crippen LogP contribution is 2.33. The lowest BCUT2D eigenvalue weighted by atomic mass is 10.1. The van der Waals surface area contributed by atoms with E-state index in [-0.39, 0.29) is 11.1 Å². The Morgan fingerprint density at radius 1 is 1.20 bits per heavy atom. The third-order valence-electron chi connectivity index (χ3n) is 3.89. The van der Waals surface area contributed by atoms with Crippen LogP contribution in [0.1, 0.15) is 11.7 Å². The molecule has 0 radical (unpaired) electrons. The summed E-state index contributed by atoms with van der Waals surface area (Å²) in [5.74, 6) is 0.549. The zero-order chi connectivity index (χ0) is 17.6. The number of benzene rings is 1. The van der Waals surface area contributed by atoms with E-state index in [0.29, 0.717) is 13.2 Å². The number of hydrogen-bond acceptors (Lipinski definition) is 6. The van der Waals surface area contributed by atoms with Crippen molar-refractivity contribution in [2.24, 2.45) is 0 Å². The molecule has 2 aromatic rings. The summed E-state index contributed by atoms with van der Waals surface area (Å²) in [5.41, 5.74) is 0.880. The van der Waals surface area contributed by atoms with Gasteiger partial charge < -0.3 is 9.64 Å². The molecule has 7 heteroatoms. The van der Waals surface area contributed by atoms with Crippen molar-refractivity contribution in [2.75, 3.05) is 25.1 Å². The molecule has 2 heterocycles. The van der Waals surface area contributed by atoms with Gasteiger partial charge in [-0.25, -0.2) is 4.98 Å². The molecule has 0 aliphatic carbocycles. The van der Waals surface area contributed by atoms with E-state index in [1.807, 2.05) is 60.5 Å². The van der Waals surface area contributed by atoms with E-state index in [1.165, 1.54) is 0 Å². The SMILES string of the molecule is CN(CCOC(c1ccccc1)C1SC(=O)NC1=O)c1ccccn1. The van der Waals surface area contributed by atoms with Gasteiger partial charge >= 0.3 is 0 Å². The van der Waals surface area contributed by atoms with Crippen LogP contribution in [0.2, 0.25) is 0 Å². The van der Waals surface area contributed by atoms with Crippen molar-refractivity contribution >= 4 is 28.7 Å². The maximum absolute atomic E-state index is 12.1. The summed E-state index contributed by atoms with van der Waals surface area (Å²) < 4.78 is 6.02. The summed E-state index contributed by atoms with van der Waals surface area (Å²) in [6.45, 7) is 1.03. The number of carbonyl (C=O) groups excluding carboxylic acids is 2. The number of anilines is 1. The number of carbonyl (C=O) groups is 2. The summed E-state index contributed by atoms with van der Waals surface area (Å²) in [7, 11) is 1.93. The van der Waals surface area contributed by atoms with Gasteiger partial charge in [-0.1, -0.05) is 36.4 Å². The zero-order valence-electron chi connectivity index (χ0n) is 13.8. The number of hydrogen-bond donors (Lipinski definition) is 1. The molecule has 25 heavy (non-hydrogen) atoms. The second-order valence-electron chi connectivity index (χ2n) is 5.63. The third kappa shape index (κ3) is 4.37. The van der Waals surface area contributed by atoms with Gasteiger partial charge in [0.1, 0.15) is 17.2 Å².